The van der Waals surface area contributed by atoms with Gasteiger partial charge in [0, 0.05) is 26.2 Å². The first-order chi connectivity index (χ1) is 10.1. The van der Waals surface area contributed by atoms with Gasteiger partial charge in [-0.1, -0.05) is 0 Å². The van der Waals surface area contributed by atoms with Crippen molar-refractivity contribution in [3.05, 3.63) is 17.8 Å². The molecule has 0 spiro atoms. The number of nitrogens with one attached hydrogen (secondary N) is 2. The molecule has 1 aromatic heterocycles. The lowest BCUT2D eigenvalue weighted by Crippen LogP contribution is -2.32. The largest absolute Gasteiger partial charge is 0.376 e. The molecule has 1 aromatic rings. The fraction of sp³-hybridized carbons (Fsp3) is 0.643. The number of rotatable bonds is 7. The van der Waals surface area contributed by atoms with Crippen LogP contribution in [0.3, 0.4) is 0 Å². The second-order valence-electron chi connectivity index (χ2n) is 5.38. The average Bonchev–Trinajstić information content (AvgIpc) is 2.98. The summed E-state index contributed by atoms with van der Waals surface area (Å²) in [5.41, 5.74) is 0.325. The quantitative estimate of drug-likeness (QED) is 0.755. The van der Waals surface area contributed by atoms with Crippen molar-refractivity contribution in [1.29, 1.82) is 0 Å². The van der Waals surface area contributed by atoms with Gasteiger partial charge in [-0.25, -0.2) is 0 Å². The minimum absolute atomic E-state index is 0.133. The molecule has 0 saturated carbocycles. The molecule has 1 unspecified atom stereocenters. The fourth-order valence-corrected chi connectivity index (χ4v) is 2.06. The summed E-state index contributed by atoms with van der Waals surface area (Å²) in [7, 11) is 4.02. The summed E-state index contributed by atoms with van der Waals surface area (Å²) in [6, 6.07) is 3.44. The Morgan fingerprint density at radius 1 is 1.43 bits per heavy atom. The third-order valence-corrected chi connectivity index (χ3v) is 3.28. The summed E-state index contributed by atoms with van der Waals surface area (Å²) in [5, 5.41) is 13.9. The Morgan fingerprint density at radius 2 is 2.29 bits per heavy atom. The van der Waals surface area contributed by atoms with E-state index in [1.807, 2.05) is 14.1 Å². The van der Waals surface area contributed by atoms with Crippen molar-refractivity contribution in [3.8, 4) is 0 Å². The Kier molecular flexibility index (Phi) is 5.89. The van der Waals surface area contributed by atoms with Crippen molar-refractivity contribution in [3.63, 3.8) is 0 Å². The van der Waals surface area contributed by atoms with Crippen LogP contribution in [-0.2, 0) is 4.74 Å². The van der Waals surface area contributed by atoms with E-state index in [4.69, 9.17) is 4.74 Å². The summed E-state index contributed by atoms with van der Waals surface area (Å²) in [6.07, 6.45) is 2.20. The van der Waals surface area contributed by atoms with E-state index in [1.54, 1.807) is 12.1 Å². The lowest BCUT2D eigenvalue weighted by atomic mass is 10.2. The number of carbonyl (C=O) groups is 1. The Balaban J connectivity index is 1.76. The van der Waals surface area contributed by atoms with Crippen LogP contribution in [0.2, 0.25) is 0 Å². The molecule has 0 aromatic carbocycles. The Labute approximate surface area is 125 Å². The van der Waals surface area contributed by atoms with Crippen LogP contribution in [0.15, 0.2) is 12.1 Å². The molecule has 1 amide bonds. The van der Waals surface area contributed by atoms with Crippen molar-refractivity contribution in [2.45, 2.75) is 18.9 Å². The van der Waals surface area contributed by atoms with E-state index in [2.05, 4.69) is 25.7 Å². The number of hydrogen-bond donors (Lipinski definition) is 2. The number of amides is 1. The van der Waals surface area contributed by atoms with Crippen LogP contribution in [0, 0.1) is 0 Å². The Hall–Kier alpha value is -1.73. The molecule has 0 aliphatic carbocycles. The normalized spacial score (nSPS) is 18.0. The number of carbonyl (C=O) groups excluding carboxylic acids is 1. The van der Waals surface area contributed by atoms with Crippen molar-refractivity contribution in [1.82, 2.24) is 20.4 Å². The van der Waals surface area contributed by atoms with Gasteiger partial charge in [-0.2, -0.15) is 0 Å². The Morgan fingerprint density at radius 3 is 2.90 bits per heavy atom. The van der Waals surface area contributed by atoms with Gasteiger partial charge in [0.25, 0.3) is 5.91 Å². The second-order valence-corrected chi connectivity index (χ2v) is 5.38. The van der Waals surface area contributed by atoms with Crippen LogP contribution < -0.4 is 10.6 Å². The molecule has 0 bridgehead atoms. The highest BCUT2D eigenvalue weighted by atomic mass is 16.5. The van der Waals surface area contributed by atoms with Gasteiger partial charge >= 0.3 is 0 Å². The first kappa shape index (κ1) is 15.7. The minimum atomic E-state index is -0.210. The highest BCUT2D eigenvalue weighted by Gasteiger charge is 2.17. The molecule has 2 heterocycles. The molecule has 1 atom stereocenters. The van der Waals surface area contributed by atoms with Gasteiger partial charge in [0.15, 0.2) is 5.69 Å². The zero-order valence-corrected chi connectivity index (χ0v) is 12.6. The second kappa shape index (κ2) is 7.90. The summed E-state index contributed by atoms with van der Waals surface area (Å²) < 4.78 is 5.46. The number of ether oxygens (including phenoxy) is 1. The summed E-state index contributed by atoms with van der Waals surface area (Å²) in [6.45, 7) is 3.01. The number of nitrogens with zero attached hydrogens (tertiary/aromatic N) is 3. The molecule has 1 fully saturated rings. The van der Waals surface area contributed by atoms with Crippen LogP contribution in [0.5, 0.6) is 0 Å². The predicted octanol–water partition coefficient (Wildman–Crippen LogP) is 0.359. The first-order valence-electron chi connectivity index (χ1n) is 7.27. The molecular formula is C14H23N5O2. The van der Waals surface area contributed by atoms with Gasteiger partial charge in [0.1, 0.15) is 5.82 Å². The van der Waals surface area contributed by atoms with E-state index in [9.17, 15) is 4.79 Å². The number of likely N-dealkylation sites (N-methyl/N-ethyl adjacent to an activating group) is 1. The van der Waals surface area contributed by atoms with E-state index in [-0.39, 0.29) is 12.0 Å². The summed E-state index contributed by atoms with van der Waals surface area (Å²) >= 11 is 0. The van der Waals surface area contributed by atoms with Crippen LogP contribution in [-0.4, -0.2) is 67.4 Å². The highest BCUT2D eigenvalue weighted by Crippen LogP contribution is 2.10. The maximum absolute atomic E-state index is 11.9. The van der Waals surface area contributed by atoms with Crippen LogP contribution in [0.4, 0.5) is 5.82 Å². The molecule has 0 radical (unpaired) electrons. The predicted molar refractivity (Wildman–Crippen MR) is 80.4 cm³/mol. The zero-order valence-electron chi connectivity index (χ0n) is 12.6. The highest BCUT2D eigenvalue weighted by molar-refractivity contribution is 5.92. The van der Waals surface area contributed by atoms with Crippen LogP contribution >= 0.6 is 0 Å². The van der Waals surface area contributed by atoms with Gasteiger partial charge in [-0.15, -0.1) is 10.2 Å². The average molecular weight is 293 g/mol. The maximum atomic E-state index is 11.9. The first-order valence-corrected chi connectivity index (χ1v) is 7.27. The number of anilines is 1. The molecule has 2 rings (SSSR count). The third-order valence-electron chi connectivity index (χ3n) is 3.28. The van der Waals surface area contributed by atoms with E-state index in [0.29, 0.717) is 18.1 Å². The summed E-state index contributed by atoms with van der Waals surface area (Å²) in [4.78, 5) is 14.0. The fourth-order valence-electron chi connectivity index (χ4n) is 2.06. The molecule has 2 N–H and O–H groups in total. The molecule has 116 valence electrons. The van der Waals surface area contributed by atoms with Gasteiger partial charge in [0.2, 0.25) is 0 Å². The summed E-state index contributed by atoms with van der Waals surface area (Å²) in [5.74, 6) is 0.463. The Bertz CT molecular complexity index is 443. The van der Waals surface area contributed by atoms with E-state index < -0.39 is 0 Å². The van der Waals surface area contributed by atoms with Gasteiger partial charge in [-0.05, 0) is 39.1 Å². The number of aromatic nitrogens is 2. The van der Waals surface area contributed by atoms with Gasteiger partial charge < -0.3 is 20.3 Å². The van der Waals surface area contributed by atoms with E-state index in [1.165, 1.54) is 0 Å². The molecule has 21 heavy (non-hydrogen) atoms. The van der Waals surface area contributed by atoms with Crippen molar-refractivity contribution in [2.75, 3.05) is 45.7 Å². The lowest BCUT2D eigenvalue weighted by molar-refractivity contribution is 0.0853. The van der Waals surface area contributed by atoms with Crippen LogP contribution in [0.1, 0.15) is 23.3 Å². The lowest BCUT2D eigenvalue weighted by Gasteiger charge is -2.11. The number of hydrogen-bond acceptors (Lipinski definition) is 6. The SMILES string of the molecule is CN(C)CCNc1ccc(C(=O)NCC2CCCO2)nn1. The monoisotopic (exact) mass is 293 g/mol. The standard InChI is InChI=1S/C14H23N5O2/c1-19(2)8-7-15-13-6-5-12(17-18-13)14(20)16-10-11-4-3-9-21-11/h5-6,11H,3-4,7-10H2,1-2H3,(H,15,18)(H,16,20). The molecule has 1 aliphatic heterocycles. The van der Waals surface area contributed by atoms with Crippen molar-refractivity contribution in [2.24, 2.45) is 0 Å². The molecule has 1 saturated heterocycles. The molecule has 7 heteroatoms. The van der Waals surface area contributed by atoms with E-state index >= 15 is 0 Å². The smallest absolute Gasteiger partial charge is 0.271 e. The maximum Gasteiger partial charge on any atom is 0.271 e. The zero-order chi connectivity index (χ0) is 15.1. The third kappa shape index (κ3) is 5.28. The van der Waals surface area contributed by atoms with Crippen molar-refractivity contribution < 1.29 is 9.53 Å². The van der Waals surface area contributed by atoms with E-state index in [0.717, 1.165) is 32.5 Å². The topological polar surface area (TPSA) is 79.4 Å². The molecule has 7 nitrogen and oxygen atoms in total. The molecular weight excluding hydrogens is 270 g/mol. The minimum Gasteiger partial charge on any atom is -0.376 e. The van der Waals surface area contributed by atoms with Gasteiger partial charge in [-0.3, -0.25) is 4.79 Å². The van der Waals surface area contributed by atoms with Gasteiger partial charge in [0.05, 0.1) is 6.10 Å². The van der Waals surface area contributed by atoms with Crippen molar-refractivity contribution >= 4 is 11.7 Å². The van der Waals surface area contributed by atoms with Crippen LogP contribution in [0.25, 0.3) is 0 Å². The molecule has 1 aliphatic rings.